The zero-order valence-corrected chi connectivity index (χ0v) is 13.3. The molecule has 0 saturated heterocycles. The Hall–Kier alpha value is -3.42. The van der Waals surface area contributed by atoms with E-state index in [0.29, 0.717) is 5.69 Å². The number of hydrogen-bond acceptors (Lipinski definition) is 4. The van der Waals surface area contributed by atoms with Gasteiger partial charge in [-0.05, 0) is 17.7 Å². The lowest BCUT2D eigenvalue weighted by atomic mass is 10.1. The van der Waals surface area contributed by atoms with E-state index in [1.54, 1.807) is 12.1 Å². The molecule has 0 bridgehead atoms. The van der Waals surface area contributed by atoms with Gasteiger partial charge in [0.15, 0.2) is 0 Å². The van der Waals surface area contributed by atoms with Crippen LogP contribution < -0.4 is 16.0 Å². The van der Waals surface area contributed by atoms with Crippen molar-refractivity contribution in [2.24, 2.45) is 0 Å². The number of aliphatic carboxylic acids is 1. The number of carboxylic acids is 1. The number of benzene rings is 1. The summed E-state index contributed by atoms with van der Waals surface area (Å²) in [6.45, 7) is -0.532. The molecule has 0 aliphatic carbocycles. The molecule has 25 heavy (non-hydrogen) atoms. The quantitative estimate of drug-likeness (QED) is 0.599. The van der Waals surface area contributed by atoms with E-state index in [2.05, 4.69) is 20.9 Å². The lowest BCUT2D eigenvalue weighted by Gasteiger charge is -2.18. The van der Waals surface area contributed by atoms with Crippen molar-refractivity contribution < 1.29 is 19.5 Å². The van der Waals surface area contributed by atoms with Crippen molar-refractivity contribution in [3.8, 4) is 0 Å². The summed E-state index contributed by atoms with van der Waals surface area (Å²) in [6.07, 6.45) is 3.34. The zero-order chi connectivity index (χ0) is 18.1. The number of nitrogens with one attached hydrogen (secondary N) is 3. The van der Waals surface area contributed by atoms with E-state index in [-0.39, 0.29) is 6.42 Å². The number of amides is 3. The van der Waals surface area contributed by atoms with Gasteiger partial charge in [-0.3, -0.25) is 14.6 Å². The van der Waals surface area contributed by atoms with Crippen LogP contribution in [-0.4, -0.2) is 40.6 Å². The smallest absolute Gasteiger partial charge is 0.323 e. The van der Waals surface area contributed by atoms with Crippen molar-refractivity contribution in [2.75, 3.05) is 11.9 Å². The molecule has 0 spiro atoms. The van der Waals surface area contributed by atoms with Gasteiger partial charge in [-0.15, -0.1) is 0 Å². The lowest BCUT2D eigenvalue weighted by molar-refractivity contribution is -0.135. The highest BCUT2D eigenvalue weighted by Gasteiger charge is 2.21. The van der Waals surface area contributed by atoms with E-state index in [0.717, 1.165) is 5.56 Å². The molecule has 4 N–H and O–H groups in total. The van der Waals surface area contributed by atoms with Gasteiger partial charge in [0.2, 0.25) is 5.91 Å². The summed E-state index contributed by atoms with van der Waals surface area (Å²) >= 11 is 0. The fourth-order valence-corrected chi connectivity index (χ4v) is 2.09. The number of carboxylic acid groups (broad SMARTS) is 1. The Labute approximate surface area is 144 Å². The van der Waals surface area contributed by atoms with Crippen molar-refractivity contribution in [3.63, 3.8) is 0 Å². The first-order valence-corrected chi connectivity index (χ1v) is 7.55. The summed E-state index contributed by atoms with van der Waals surface area (Å²) in [6, 6.07) is 10.8. The summed E-state index contributed by atoms with van der Waals surface area (Å²) in [5.41, 5.74) is 1.40. The predicted molar refractivity (Wildman–Crippen MR) is 91.0 cm³/mol. The Kier molecular flexibility index (Phi) is 6.47. The Balaban J connectivity index is 2.06. The second-order valence-corrected chi connectivity index (χ2v) is 5.19. The molecule has 2 aromatic rings. The molecule has 1 atom stereocenters. The largest absolute Gasteiger partial charge is 0.480 e. The number of nitrogens with zero attached hydrogens (tertiary/aromatic N) is 1. The lowest BCUT2D eigenvalue weighted by Crippen LogP contribution is -2.50. The van der Waals surface area contributed by atoms with E-state index in [9.17, 15) is 14.4 Å². The standard InChI is InChI=1S/C17H18N4O4/c22-15(23)11-19-17(25)21-14(10-12-4-2-1-3-5-12)16(24)20-13-6-8-18-9-7-13/h1-9,14H,10-11H2,(H,22,23)(H,18,20,24)(H2,19,21,25)/t14-/m0/s1. The molecule has 8 heteroatoms. The third-order valence-electron chi connectivity index (χ3n) is 3.25. The number of carbonyl (C=O) groups is 3. The maximum Gasteiger partial charge on any atom is 0.323 e. The molecule has 0 aliphatic heterocycles. The minimum absolute atomic E-state index is 0.262. The van der Waals surface area contributed by atoms with Crippen LogP contribution >= 0.6 is 0 Å². The minimum Gasteiger partial charge on any atom is -0.480 e. The number of hydrogen-bond donors (Lipinski definition) is 4. The van der Waals surface area contributed by atoms with Gasteiger partial charge < -0.3 is 21.1 Å². The van der Waals surface area contributed by atoms with Crippen LogP contribution in [0.1, 0.15) is 5.56 Å². The van der Waals surface area contributed by atoms with Crippen LogP contribution in [0.2, 0.25) is 0 Å². The van der Waals surface area contributed by atoms with E-state index < -0.39 is 30.5 Å². The third kappa shape index (κ3) is 6.30. The molecule has 0 saturated carbocycles. The van der Waals surface area contributed by atoms with Crippen LogP contribution in [0.15, 0.2) is 54.9 Å². The van der Waals surface area contributed by atoms with Gasteiger partial charge in [0.25, 0.3) is 0 Å². The van der Waals surface area contributed by atoms with Crippen LogP contribution in [-0.2, 0) is 16.0 Å². The average molecular weight is 342 g/mol. The molecule has 0 fully saturated rings. The molecule has 1 aromatic carbocycles. The van der Waals surface area contributed by atoms with E-state index >= 15 is 0 Å². The second kappa shape index (κ2) is 9.02. The maximum absolute atomic E-state index is 12.5. The summed E-state index contributed by atoms with van der Waals surface area (Å²) in [5, 5.41) is 16.0. The number of aromatic nitrogens is 1. The molecule has 1 aromatic heterocycles. The van der Waals surface area contributed by atoms with Crippen LogP contribution in [0, 0.1) is 0 Å². The molecule has 1 heterocycles. The summed E-state index contributed by atoms with van der Waals surface area (Å²) in [7, 11) is 0. The molecule has 130 valence electrons. The maximum atomic E-state index is 12.5. The minimum atomic E-state index is -1.17. The van der Waals surface area contributed by atoms with Crippen LogP contribution in [0.4, 0.5) is 10.5 Å². The molecule has 3 amide bonds. The van der Waals surface area contributed by atoms with Crippen molar-refractivity contribution in [1.82, 2.24) is 15.6 Å². The number of urea groups is 1. The highest BCUT2D eigenvalue weighted by molar-refractivity contribution is 5.97. The molecule has 0 aliphatic rings. The molecule has 2 rings (SSSR count). The first-order valence-electron chi connectivity index (χ1n) is 7.55. The van der Waals surface area contributed by atoms with Gasteiger partial charge in [-0.25, -0.2) is 4.79 Å². The van der Waals surface area contributed by atoms with Crippen LogP contribution in [0.25, 0.3) is 0 Å². The topological polar surface area (TPSA) is 120 Å². The normalized spacial score (nSPS) is 11.2. The molecular formula is C17H18N4O4. The number of pyridine rings is 1. The average Bonchev–Trinajstić information content (AvgIpc) is 2.61. The summed E-state index contributed by atoms with van der Waals surface area (Å²) < 4.78 is 0. The van der Waals surface area contributed by atoms with Crippen LogP contribution in [0.3, 0.4) is 0 Å². The van der Waals surface area contributed by atoms with Gasteiger partial charge in [-0.1, -0.05) is 30.3 Å². The van der Waals surface area contributed by atoms with Crippen molar-refractivity contribution in [1.29, 1.82) is 0 Å². The molecule has 0 radical (unpaired) electrons. The second-order valence-electron chi connectivity index (χ2n) is 5.19. The summed E-state index contributed by atoms with van der Waals surface area (Å²) in [4.78, 5) is 38.7. The van der Waals surface area contributed by atoms with E-state index in [1.165, 1.54) is 12.4 Å². The first-order chi connectivity index (χ1) is 12.0. The number of rotatable bonds is 7. The Morgan fingerprint density at radius 1 is 1.04 bits per heavy atom. The first kappa shape index (κ1) is 17.9. The van der Waals surface area contributed by atoms with Gasteiger partial charge in [0.1, 0.15) is 12.6 Å². The zero-order valence-electron chi connectivity index (χ0n) is 13.3. The fourth-order valence-electron chi connectivity index (χ4n) is 2.09. The van der Waals surface area contributed by atoms with Crippen molar-refractivity contribution in [3.05, 3.63) is 60.4 Å². The van der Waals surface area contributed by atoms with Gasteiger partial charge in [0, 0.05) is 24.5 Å². The SMILES string of the molecule is O=C(O)CNC(=O)N[C@@H](Cc1ccccc1)C(=O)Nc1ccncc1. The van der Waals surface area contributed by atoms with E-state index in [1.807, 2.05) is 30.3 Å². The Bertz CT molecular complexity index is 722. The number of carbonyl (C=O) groups excluding carboxylic acids is 2. The Morgan fingerprint density at radius 3 is 2.36 bits per heavy atom. The van der Waals surface area contributed by atoms with Crippen molar-refractivity contribution >= 4 is 23.6 Å². The monoisotopic (exact) mass is 342 g/mol. The van der Waals surface area contributed by atoms with Crippen LogP contribution in [0.5, 0.6) is 0 Å². The third-order valence-corrected chi connectivity index (χ3v) is 3.25. The molecule has 0 unspecified atom stereocenters. The van der Waals surface area contributed by atoms with Gasteiger partial charge in [0.05, 0.1) is 0 Å². The fraction of sp³-hybridized carbons (Fsp3) is 0.176. The Morgan fingerprint density at radius 2 is 1.72 bits per heavy atom. The molecular weight excluding hydrogens is 324 g/mol. The molecule has 8 nitrogen and oxygen atoms in total. The summed E-state index contributed by atoms with van der Waals surface area (Å²) in [5.74, 6) is -1.59. The van der Waals surface area contributed by atoms with Crippen molar-refractivity contribution in [2.45, 2.75) is 12.5 Å². The van der Waals surface area contributed by atoms with Gasteiger partial charge >= 0.3 is 12.0 Å². The highest BCUT2D eigenvalue weighted by atomic mass is 16.4. The number of anilines is 1. The highest BCUT2D eigenvalue weighted by Crippen LogP contribution is 2.08. The van der Waals surface area contributed by atoms with Gasteiger partial charge in [-0.2, -0.15) is 0 Å². The predicted octanol–water partition coefficient (Wildman–Crippen LogP) is 1.02. The van der Waals surface area contributed by atoms with E-state index in [4.69, 9.17) is 5.11 Å².